The predicted molar refractivity (Wildman–Crippen MR) is 51.7 cm³/mol. The summed E-state index contributed by atoms with van der Waals surface area (Å²) >= 11 is 0. The van der Waals surface area contributed by atoms with E-state index in [9.17, 15) is 9.59 Å². The molecule has 14 heavy (non-hydrogen) atoms. The molecule has 0 radical (unpaired) electrons. The van der Waals surface area contributed by atoms with E-state index in [1.807, 2.05) is 6.92 Å². The van der Waals surface area contributed by atoms with Crippen molar-refractivity contribution in [3.63, 3.8) is 0 Å². The van der Waals surface area contributed by atoms with Crippen molar-refractivity contribution in [1.82, 2.24) is 4.90 Å². The van der Waals surface area contributed by atoms with E-state index in [4.69, 9.17) is 4.74 Å². The van der Waals surface area contributed by atoms with Crippen molar-refractivity contribution in [2.45, 2.75) is 39.7 Å². The van der Waals surface area contributed by atoms with Crippen LogP contribution in [0.15, 0.2) is 0 Å². The van der Waals surface area contributed by atoms with Gasteiger partial charge in [0.2, 0.25) is 5.91 Å². The van der Waals surface area contributed by atoms with Gasteiger partial charge >= 0.3 is 6.09 Å². The first-order chi connectivity index (χ1) is 6.52. The molecule has 0 N–H and O–H groups in total. The SMILES string of the molecule is CC(C)CCC(=O)N1C(=O)OC[C@H]1C. The van der Waals surface area contributed by atoms with Gasteiger partial charge in [0.05, 0.1) is 6.04 Å². The Hall–Kier alpha value is -1.06. The average Bonchev–Trinajstić information content (AvgIpc) is 2.42. The molecule has 4 nitrogen and oxygen atoms in total. The van der Waals surface area contributed by atoms with Gasteiger partial charge < -0.3 is 4.74 Å². The van der Waals surface area contributed by atoms with Crippen LogP contribution in [-0.2, 0) is 9.53 Å². The van der Waals surface area contributed by atoms with Gasteiger partial charge in [-0.25, -0.2) is 9.69 Å². The number of imide groups is 1. The summed E-state index contributed by atoms with van der Waals surface area (Å²) in [6.45, 7) is 6.25. The van der Waals surface area contributed by atoms with Gasteiger partial charge in [0.1, 0.15) is 6.61 Å². The summed E-state index contributed by atoms with van der Waals surface area (Å²) in [6, 6.07) is -0.109. The van der Waals surface area contributed by atoms with Gasteiger partial charge in [0.15, 0.2) is 0 Å². The van der Waals surface area contributed by atoms with Crippen LogP contribution in [0, 0.1) is 5.92 Å². The molecular formula is C10H17NO3. The lowest BCUT2D eigenvalue weighted by molar-refractivity contribution is -0.129. The van der Waals surface area contributed by atoms with Crippen LogP contribution >= 0.6 is 0 Å². The normalized spacial score (nSPS) is 21.6. The number of carbonyl (C=O) groups is 2. The molecule has 1 aliphatic heterocycles. The minimum atomic E-state index is -0.494. The van der Waals surface area contributed by atoms with Gasteiger partial charge in [-0.3, -0.25) is 4.79 Å². The lowest BCUT2D eigenvalue weighted by Gasteiger charge is -2.16. The third-order valence-corrected chi connectivity index (χ3v) is 2.29. The second-order valence-electron chi connectivity index (χ2n) is 4.12. The summed E-state index contributed by atoms with van der Waals surface area (Å²) in [7, 11) is 0. The standard InChI is InChI=1S/C10H17NO3/c1-7(2)4-5-9(12)11-8(3)6-14-10(11)13/h7-8H,4-6H2,1-3H3/t8-/m1/s1. The van der Waals surface area contributed by atoms with E-state index in [-0.39, 0.29) is 11.9 Å². The monoisotopic (exact) mass is 199 g/mol. The van der Waals surface area contributed by atoms with Gasteiger partial charge in [0.25, 0.3) is 0 Å². The molecule has 1 heterocycles. The Balaban J connectivity index is 2.47. The maximum atomic E-state index is 11.6. The minimum absolute atomic E-state index is 0.109. The van der Waals surface area contributed by atoms with Crippen molar-refractivity contribution in [2.75, 3.05) is 6.61 Å². The van der Waals surface area contributed by atoms with Crippen molar-refractivity contribution < 1.29 is 14.3 Å². The molecule has 1 rings (SSSR count). The number of hydrogen-bond acceptors (Lipinski definition) is 3. The number of ether oxygens (including phenoxy) is 1. The zero-order valence-corrected chi connectivity index (χ0v) is 8.95. The van der Waals surface area contributed by atoms with Crippen molar-refractivity contribution in [1.29, 1.82) is 0 Å². The van der Waals surface area contributed by atoms with Crippen molar-refractivity contribution in [3.05, 3.63) is 0 Å². The smallest absolute Gasteiger partial charge is 0.416 e. The summed E-state index contributed by atoms with van der Waals surface area (Å²) in [4.78, 5) is 24.0. The number of rotatable bonds is 3. The maximum Gasteiger partial charge on any atom is 0.416 e. The van der Waals surface area contributed by atoms with Crippen molar-refractivity contribution in [3.8, 4) is 0 Å². The van der Waals surface area contributed by atoms with E-state index in [2.05, 4.69) is 13.8 Å². The fourth-order valence-electron chi connectivity index (χ4n) is 1.40. The highest BCUT2D eigenvalue weighted by Crippen LogP contribution is 2.15. The summed E-state index contributed by atoms with van der Waals surface area (Å²) in [6.07, 6.45) is 0.748. The highest BCUT2D eigenvalue weighted by molar-refractivity contribution is 5.93. The van der Waals surface area contributed by atoms with Crippen molar-refractivity contribution >= 4 is 12.0 Å². The van der Waals surface area contributed by atoms with Crippen LogP contribution < -0.4 is 0 Å². The number of nitrogens with zero attached hydrogens (tertiary/aromatic N) is 1. The highest BCUT2D eigenvalue weighted by Gasteiger charge is 2.34. The first kappa shape index (κ1) is 11.0. The Labute approximate surface area is 84.2 Å². The molecule has 0 aromatic heterocycles. The van der Waals surface area contributed by atoms with Gasteiger partial charge in [0, 0.05) is 6.42 Å². The first-order valence-corrected chi connectivity index (χ1v) is 5.01. The topological polar surface area (TPSA) is 46.6 Å². The Morgan fingerprint density at radius 2 is 2.29 bits per heavy atom. The van der Waals surface area contributed by atoms with Gasteiger partial charge in [-0.15, -0.1) is 0 Å². The summed E-state index contributed by atoms with van der Waals surface area (Å²) in [5.41, 5.74) is 0. The maximum absolute atomic E-state index is 11.6. The van der Waals surface area contributed by atoms with Crippen LogP contribution in [-0.4, -0.2) is 29.5 Å². The molecule has 1 aliphatic rings. The fraction of sp³-hybridized carbons (Fsp3) is 0.800. The zero-order chi connectivity index (χ0) is 10.7. The molecule has 0 aromatic carbocycles. The number of carbonyl (C=O) groups excluding carboxylic acids is 2. The molecule has 0 spiro atoms. The van der Waals surface area contributed by atoms with E-state index in [0.717, 1.165) is 6.42 Å². The fourth-order valence-corrected chi connectivity index (χ4v) is 1.40. The van der Waals surface area contributed by atoms with E-state index in [1.165, 1.54) is 4.90 Å². The molecular weight excluding hydrogens is 182 g/mol. The Morgan fingerprint density at radius 3 is 2.71 bits per heavy atom. The van der Waals surface area contributed by atoms with Gasteiger partial charge in [-0.2, -0.15) is 0 Å². The zero-order valence-electron chi connectivity index (χ0n) is 8.95. The van der Waals surface area contributed by atoms with E-state index >= 15 is 0 Å². The van der Waals surface area contributed by atoms with Crippen molar-refractivity contribution in [2.24, 2.45) is 5.92 Å². The van der Waals surface area contributed by atoms with Crippen LogP contribution in [0.5, 0.6) is 0 Å². The van der Waals surface area contributed by atoms with Crippen LogP contribution in [0.1, 0.15) is 33.6 Å². The molecule has 0 aliphatic carbocycles. The number of hydrogen-bond donors (Lipinski definition) is 0. The number of amides is 2. The Morgan fingerprint density at radius 1 is 1.64 bits per heavy atom. The number of cyclic esters (lactones) is 1. The molecule has 2 amide bonds. The summed E-state index contributed by atoms with van der Waals surface area (Å²) < 4.78 is 4.77. The van der Waals surface area contributed by atoms with E-state index in [1.54, 1.807) is 0 Å². The van der Waals surface area contributed by atoms with E-state index in [0.29, 0.717) is 18.9 Å². The molecule has 1 fully saturated rings. The first-order valence-electron chi connectivity index (χ1n) is 5.01. The quantitative estimate of drug-likeness (QED) is 0.696. The summed E-state index contributed by atoms with van der Waals surface area (Å²) in [5.74, 6) is 0.363. The average molecular weight is 199 g/mol. The third kappa shape index (κ3) is 2.47. The Kier molecular flexibility index (Phi) is 3.49. The molecule has 0 bridgehead atoms. The molecule has 80 valence electrons. The molecule has 4 heteroatoms. The second kappa shape index (κ2) is 4.44. The predicted octanol–water partition coefficient (Wildman–Crippen LogP) is 1.79. The van der Waals surface area contributed by atoms with Crippen LogP contribution in [0.25, 0.3) is 0 Å². The van der Waals surface area contributed by atoms with Gasteiger partial charge in [-0.1, -0.05) is 13.8 Å². The highest BCUT2D eigenvalue weighted by atomic mass is 16.6. The summed E-state index contributed by atoms with van der Waals surface area (Å²) in [5, 5.41) is 0. The molecule has 1 saturated heterocycles. The Bertz CT molecular complexity index is 238. The largest absolute Gasteiger partial charge is 0.447 e. The molecule has 0 saturated carbocycles. The van der Waals surface area contributed by atoms with Crippen LogP contribution in [0.3, 0.4) is 0 Å². The van der Waals surface area contributed by atoms with Crippen LogP contribution in [0.4, 0.5) is 4.79 Å². The lowest BCUT2D eigenvalue weighted by atomic mass is 10.1. The molecule has 1 atom stereocenters. The lowest BCUT2D eigenvalue weighted by Crippen LogP contribution is -2.37. The third-order valence-electron chi connectivity index (χ3n) is 2.29. The van der Waals surface area contributed by atoms with Crippen LogP contribution in [0.2, 0.25) is 0 Å². The minimum Gasteiger partial charge on any atom is -0.447 e. The molecule has 0 unspecified atom stereocenters. The van der Waals surface area contributed by atoms with E-state index < -0.39 is 6.09 Å². The van der Waals surface area contributed by atoms with Gasteiger partial charge in [-0.05, 0) is 19.3 Å². The second-order valence-corrected chi connectivity index (χ2v) is 4.12. The molecule has 0 aromatic rings.